The highest BCUT2D eigenvalue weighted by Crippen LogP contribution is 2.41. The van der Waals surface area contributed by atoms with E-state index < -0.39 is 33.4 Å². The standard InChI is InChI=1S/C22H28N2O7S2/c1-5-30-21(26)17-14(3)24-20(33(28,29)11-10-23-13-25)19(22(27)31-6-2)18(17)15-8-7-9-16(12-15)32-4/h7-9,12-13,18,24H,5-6,10-11H2,1-4H3,(H,23,25). The molecular weight excluding hydrogens is 468 g/mol. The van der Waals surface area contributed by atoms with Gasteiger partial charge in [-0.1, -0.05) is 12.1 Å². The molecule has 0 bridgehead atoms. The summed E-state index contributed by atoms with van der Waals surface area (Å²) in [7, 11) is -4.06. The Morgan fingerprint density at radius 1 is 1.15 bits per heavy atom. The minimum atomic E-state index is -4.06. The fourth-order valence-corrected chi connectivity index (χ4v) is 5.35. The molecule has 0 saturated carbocycles. The van der Waals surface area contributed by atoms with Gasteiger partial charge in [-0.05, 0) is 44.7 Å². The zero-order valence-electron chi connectivity index (χ0n) is 19.0. The molecule has 1 aromatic carbocycles. The van der Waals surface area contributed by atoms with Crippen molar-refractivity contribution in [1.82, 2.24) is 10.6 Å². The summed E-state index contributed by atoms with van der Waals surface area (Å²) in [6, 6.07) is 7.16. The molecule has 1 aliphatic heterocycles. The number of amides is 1. The Labute approximate surface area is 197 Å². The molecule has 1 amide bonds. The van der Waals surface area contributed by atoms with E-state index in [1.165, 1.54) is 11.8 Å². The summed E-state index contributed by atoms with van der Waals surface area (Å²) in [5.74, 6) is -3.00. The van der Waals surface area contributed by atoms with E-state index in [-0.39, 0.29) is 41.6 Å². The SMILES string of the molecule is CCOC(=O)C1=C(C)NC(S(=O)(=O)CCNC=O)=C(C(=O)OCC)C1c1cccc(SC)c1. The molecule has 1 unspecified atom stereocenters. The zero-order chi connectivity index (χ0) is 24.6. The molecular formula is C22H28N2O7S2. The lowest BCUT2D eigenvalue weighted by Crippen LogP contribution is -2.37. The van der Waals surface area contributed by atoms with Crippen molar-refractivity contribution < 1.29 is 32.3 Å². The monoisotopic (exact) mass is 496 g/mol. The number of thioether (sulfide) groups is 1. The van der Waals surface area contributed by atoms with Gasteiger partial charge in [0.15, 0.2) is 9.84 Å². The number of nitrogens with one attached hydrogen (secondary N) is 2. The van der Waals surface area contributed by atoms with Crippen LogP contribution >= 0.6 is 11.8 Å². The third-order valence-electron chi connectivity index (χ3n) is 4.85. The first kappa shape index (κ1) is 26.5. The number of hydrogen-bond acceptors (Lipinski definition) is 9. The molecule has 1 aliphatic rings. The first-order valence-electron chi connectivity index (χ1n) is 10.3. The van der Waals surface area contributed by atoms with Crippen molar-refractivity contribution in [2.75, 3.05) is 31.8 Å². The van der Waals surface area contributed by atoms with Gasteiger partial charge in [-0.2, -0.15) is 0 Å². The van der Waals surface area contributed by atoms with Crippen molar-refractivity contribution >= 4 is 39.9 Å². The predicted molar refractivity (Wildman–Crippen MR) is 125 cm³/mol. The molecule has 1 atom stereocenters. The van der Waals surface area contributed by atoms with Crippen LogP contribution in [0.15, 0.2) is 51.0 Å². The molecule has 0 aliphatic carbocycles. The molecule has 0 fully saturated rings. The van der Waals surface area contributed by atoms with Gasteiger partial charge >= 0.3 is 11.9 Å². The zero-order valence-corrected chi connectivity index (χ0v) is 20.6. The topological polar surface area (TPSA) is 128 Å². The van der Waals surface area contributed by atoms with Crippen molar-refractivity contribution in [3.63, 3.8) is 0 Å². The number of allylic oxidation sites excluding steroid dienone is 1. The fourth-order valence-electron chi connectivity index (χ4n) is 3.45. The van der Waals surface area contributed by atoms with Gasteiger partial charge in [0.25, 0.3) is 0 Å². The van der Waals surface area contributed by atoms with Crippen molar-refractivity contribution in [2.45, 2.75) is 31.6 Å². The number of benzene rings is 1. The van der Waals surface area contributed by atoms with Crippen molar-refractivity contribution in [1.29, 1.82) is 0 Å². The second kappa shape index (κ2) is 11.9. The summed E-state index contributed by atoms with van der Waals surface area (Å²) < 4.78 is 36.8. The second-order valence-electron chi connectivity index (χ2n) is 6.95. The molecule has 1 aromatic rings. The van der Waals surface area contributed by atoms with Crippen LogP contribution in [0.2, 0.25) is 0 Å². The Hall–Kier alpha value is -2.79. The van der Waals surface area contributed by atoms with Crippen LogP contribution in [0.3, 0.4) is 0 Å². The summed E-state index contributed by atoms with van der Waals surface area (Å²) in [4.78, 5) is 37.5. The first-order chi connectivity index (χ1) is 15.7. The molecule has 0 aromatic heterocycles. The first-order valence-corrected chi connectivity index (χ1v) is 13.2. The molecule has 2 N–H and O–H groups in total. The molecule has 1 heterocycles. The van der Waals surface area contributed by atoms with Crippen molar-refractivity contribution in [3.8, 4) is 0 Å². The van der Waals surface area contributed by atoms with E-state index in [9.17, 15) is 22.8 Å². The summed E-state index contributed by atoms with van der Waals surface area (Å²) in [6.45, 7) is 4.79. The highest BCUT2D eigenvalue weighted by Gasteiger charge is 2.42. The Morgan fingerprint density at radius 2 is 1.79 bits per heavy atom. The maximum atomic E-state index is 13.2. The molecule has 180 valence electrons. The van der Waals surface area contributed by atoms with E-state index in [2.05, 4.69) is 10.6 Å². The van der Waals surface area contributed by atoms with Gasteiger partial charge in [-0.25, -0.2) is 18.0 Å². The van der Waals surface area contributed by atoms with Crippen LogP contribution in [0.4, 0.5) is 0 Å². The van der Waals surface area contributed by atoms with E-state index >= 15 is 0 Å². The van der Waals surface area contributed by atoms with E-state index in [4.69, 9.17) is 9.47 Å². The summed E-state index contributed by atoms with van der Waals surface area (Å²) in [5.41, 5.74) is 0.730. The molecule has 9 nitrogen and oxygen atoms in total. The number of ether oxygens (including phenoxy) is 2. The third kappa shape index (κ3) is 6.17. The highest BCUT2D eigenvalue weighted by molar-refractivity contribution is 7.98. The predicted octanol–water partition coefficient (Wildman–Crippen LogP) is 1.87. The van der Waals surface area contributed by atoms with Gasteiger partial charge in [0.2, 0.25) is 6.41 Å². The van der Waals surface area contributed by atoms with E-state index in [1.807, 2.05) is 12.3 Å². The highest BCUT2D eigenvalue weighted by atomic mass is 32.2. The van der Waals surface area contributed by atoms with Gasteiger partial charge in [0, 0.05) is 17.1 Å². The number of carbonyl (C=O) groups excluding carboxylic acids is 3. The summed E-state index contributed by atoms with van der Waals surface area (Å²) >= 11 is 1.47. The fraction of sp³-hybridized carbons (Fsp3) is 0.409. The third-order valence-corrected chi connectivity index (χ3v) is 7.27. The number of hydrogen-bond donors (Lipinski definition) is 2. The van der Waals surface area contributed by atoms with E-state index in [1.54, 1.807) is 39.0 Å². The molecule has 0 radical (unpaired) electrons. The van der Waals surface area contributed by atoms with Crippen LogP contribution in [0.5, 0.6) is 0 Å². The molecule has 0 saturated heterocycles. The number of esters is 2. The Morgan fingerprint density at radius 3 is 2.36 bits per heavy atom. The lowest BCUT2D eigenvalue weighted by atomic mass is 9.82. The summed E-state index contributed by atoms with van der Waals surface area (Å²) in [5, 5.41) is 4.70. The van der Waals surface area contributed by atoms with E-state index in [0.29, 0.717) is 12.0 Å². The smallest absolute Gasteiger partial charge is 0.337 e. The maximum Gasteiger partial charge on any atom is 0.337 e. The van der Waals surface area contributed by atoms with Gasteiger partial charge in [0.05, 0.1) is 36.0 Å². The minimum absolute atomic E-state index is 0.0113. The van der Waals surface area contributed by atoms with Crippen LogP contribution in [0.1, 0.15) is 32.3 Å². The normalized spacial score (nSPS) is 16.2. The van der Waals surface area contributed by atoms with Crippen LogP contribution < -0.4 is 10.6 Å². The molecule has 0 spiro atoms. The lowest BCUT2D eigenvalue weighted by Gasteiger charge is -2.31. The van der Waals surface area contributed by atoms with E-state index in [0.717, 1.165) is 4.90 Å². The van der Waals surface area contributed by atoms with Crippen LogP contribution in [-0.2, 0) is 33.7 Å². The van der Waals surface area contributed by atoms with Crippen molar-refractivity contribution in [3.05, 3.63) is 51.7 Å². The average Bonchev–Trinajstić information content (AvgIpc) is 2.78. The van der Waals surface area contributed by atoms with Crippen LogP contribution in [0.25, 0.3) is 0 Å². The minimum Gasteiger partial charge on any atom is -0.463 e. The quantitative estimate of drug-likeness (QED) is 0.204. The van der Waals surface area contributed by atoms with Gasteiger partial charge in [0.1, 0.15) is 5.03 Å². The largest absolute Gasteiger partial charge is 0.463 e. The molecule has 2 rings (SSSR count). The Bertz CT molecular complexity index is 1080. The molecule has 11 heteroatoms. The average molecular weight is 497 g/mol. The lowest BCUT2D eigenvalue weighted by molar-refractivity contribution is -0.139. The summed E-state index contributed by atoms with van der Waals surface area (Å²) in [6.07, 6.45) is 2.28. The second-order valence-corrected chi connectivity index (χ2v) is 9.87. The van der Waals surface area contributed by atoms with Gasteiger partial charge in [-0.3, -0.25) is 4.79 Å². The Kier molecular flexibility index (Phi) is 9.54. The van der Waals surface area contributed by atoms with Crippen LogP contribution in [-0.4, -0.2) is 58.5 Å². The van der Waals surface area contributed by atoms with Crippen molar-refractivity contribution in [2.24, 2.45) is 0 Å². The maximum absolute atomic E-state index is 13.2. The number of rotatable bonds is 11. The number of sulfone groups is 1. The number of carbonyl (C=O) groups is 3. The van der Waals surface area contributed by atoms with Gasteiger partial charge in [-0.15, -0.1) is 11.8 Å². The van der Waals surface area contributed by atoms with Gasteiger partial charge < -0.3 is 20.1 Å². The van der Waals surface area contributed by atoms with Crippen LogP contribution in [0, 0.1) is 0 Å². The molecule has 33 heavy (non-hydrogen) atoms. The Balaban J connectivity index is 2.82. The number of dihydropyridines is 1.